The Balaban J connectivity index is 2.61. The van der Waals surface area contributed by atoms with E-state index in [1.165, 1.54) is 0 Å². The number of aryl methyl sites for hydroxylation is 2. The normalized spacial score (nSPS) is 10.5. The summed E-state index contributed by atoms with van der Waals surface area (Å²) in [6.45, 7) is 3.98. The molecule has 4 heteroatoms. The van der Waals surface area contributed by atoms with Gasteiger partial charge in [0.1, 0.15) is 5.69 Å². The van der Waals surface area contributed by atoms with E-state index < -0.39 is 5.97 Å². The number of halogens is 1. The predicted molar refractivity (Wildman–Crippen MR) is 69.9 cm³/mol. The lowest BCUT2D eigenvalue weighted by Gasteiger charge is -2.10. The molecule has 0 amide bonds. The topological polar surface area (TPSA) is 42.2 Å². The first-order chi connectivity index (χ1) is 8.00. The van der Waals surface area contributed by atoms with E-state index in [1.807, 2.05) is 26.0 Å². The number of aromatic carboxylic acids is 1. The van der Waals surface area contributed by atoms with Crippen LogP contribution in [0.15, 0.2) is 34.9 Å². The zero-order valence-corrected chi connectivity index (χ0v) is 11.2. The third kappa shape index (κ3) is 2.13. The summed E-state index contributed by atoms with van der Waals surface area (Å²) in [5, 5.41) is 9.08. The summed E-state index contributed by atoms with van der Waals surface area (Å²) < 4.78 is 2.74. The summed E-state index contributed by atoms with van der Waals surface area (Å²) in [5.74, 6) is -0.923. The molecule has 17 heavy (non-hydrogen) atoms. The summed E-state index contributed by atoms with van der Waals surface area (Å²) in [4.78, 5) is 11.1. The van der Waals surface area contributed by atoms with Gasteiger partial charge in [0.15, 0.2) is 0 Å². The van der Waals surface area contributed by atoms with Gasteiger partial charge in [-0.3, -0.25) is 0 Å². The smallest absolute Gasteiger partial charge is 0.352 e. The lowest BCUT2D eigenvalue weighted by Crippen LogP contribution is -2.06. The largest absolute Gasteiger partial charge is 0.477 e. The minimum Gasteiger partial charge on any atom is -0.477 e. The summed E-state index contributed by atoms with van der Waals surface area (Å²) in [7, 11) is 0. The van der Waals surface area contributed by atoms with Crippen LogP contribution in [0.3, 0.4) is 0 Å². The number of carbonyl (C=O) groups is 1. The molecule has 1 aromatic carbocycles. The molecule has 0 unspecified atom stereocenters. The van der Waals surface area contributed by atoms with Gasteiger partial charge in [0.25, 0.3) is 0 Å². The Morgan fingerprint density at radius 3 is 2.41 bits per heavy atom. The Kier molecular flexibility index (Phi) is 3.07. The average molecular weight is 294 g/mol. The Labute approximate surface area is 108 Å². The molecule has 2 rings (SSSR count). The maximum Gasteiger partial charge on any atom is 0.352 e. The molecule has 1 heterocycles. The summed E-state index contributed by atoms with van der Waals surface area (Å²) >= 11 is 3.50. The van der Waals surface area contributed by atoms with Crippen molar-refractivity contribution in [1.29, 1.82) is 0 Å². The maximum absolute atomic E-state index is 11.1. The van der Waals surface area contributed by atoms with Crippen molar-refractivity contribution in [3.05, 3.63) is 51.8 Å². The van der Waals surface area contributed by atoms with E-state index >= 15 is 0 Å². The van der Waals surface area contributed by atoms with Crippen LogP contribution in [-0.2, 0) is 0 Å². The number of hydrogen-bond acceptors (Lipinski definition) is 1. The van der Waals surface area contributed by atoms with Crippen molar-refractivity contribution in [1.82, 2.24) is 4.57 Å². The Bertz CT molecular complexity index is 564. The molecule has 0 saturated heterocycles. The van der Waals surface area contributed by atoms with E-state index in [0.717, 1.165) is 21.3 Å². The van der Waals surface area contributed by atoms with Gasteiger partial charge in [-0.25, -0.2) is 4.79 Å². The first-order valence-corrected chi connectivity index (χ1v) is 5.98. The van der Waals surface area contributed by atoms with Gasteiger partial charge < -0.3 is 9.67 Å². The maximum atomic E-state index is 11.1. The number of hydrogen-bond donors (Lipinski definition) is 1. The quantitative estimate of drug-likeness (QED) is 0.920. The fourth-order valence-corrected chi connectivity index (χ4v) is 2.07. The molecule has 2 aromatic rings. The Hall–Kier alpha value is -1.55. The van der Waals surface area contributed by atoms with Gasteiger partial charge in [0.05, 0.1) is 0 Å². The fourth-order valence-electron chi connectivity index (χ4n) is 1.84. The molecule has 1 N–H and O–H groups in total. The number of carboxylic acid groups (broad SMARTS) is 1. The average Bonchev–Trinajstić information content (AvgIpc) is 2.74. The molecule has 0 fully saturated rings. The molecule has 0 spiro atoms. The van der Waals surface area contributed by atoms with Crippen molar-refractivity contribution >= 4 is 21.9 Å². The van der Waals surface area contributed by atoms with Crippen molar-refractivity contribution in [3.8, 4) is 5.69 Å². The second-order valence-corrected chi connectivity index (χ2v) is 4.76. The molecule has 0 aliphatic rings. The van der Waals surface area contributed by atoms with Crippen molar-refractivity contribution in [2.24, 2.45) is 0 Å². The fraction of sp³-hybridized carbons (Fsp3) is 0.154. The molecule has 0 aliphatic carbocycles. The van der Waals surface area contributed by atoms with E-state index in [4.69, 9.17) is 5.11 Å². The van der Waals surface area contributed by atoms with Crippen LogP contribution in [0.2, 0.25) is 0 Å². The molecule has 0 aliphatic heterocycles. The van der Waals surface area contributed by atoms with Gasteiger partial charge in [-0.1, -0.05) is 15.9 Å². The van der Waals surface area contributed by atoms with E-state index in [9.17, 15) is 4.79 Å². The molecule has 0 radical (unpaired) electrons. The zero-order valence-electron chi connectivity index (χ0n) is 9.57. The van der Waals surface area contributed by atoms with Crippen LogP contribution in [-0.4, -0.2) is 15.6 Å². The highest BCUT2D eigenvalue weighted by atomic mass is 79.9. The summed E-state index contributed by atoms with van der Waals surface area (Å²) in [6, 6.07) is 7.25. The molecule has 0 bridgehead atoms. The third-order valence-corrected chi connectivity index (χ3v) is 3.92. The molecule has 3 nitrogen and oxygen atoms in total. The van der Waals surface area contributed by atoms with Crippen LogP contribution < -0.4 is 0 Å². The van der Waals surface area contributed by atoms with Crippen LogP contribution in [0, 0.1) is 13.8 Å². The van der Waals surface area contributed by atoms with Crippen LogP contribution in [0.25, 0.3) is 5.69 Å². The molecule has 0 atom stereocenters. The molecular weight excluding hydrogens is 282 g/mol. The van der Waals surface area contributed by atoms with Crippen molar-refractivity contribution in [2.45, 2.75) is 13.8 Å². The zero-order chi connectivity index (χ0) is 12.6. The predicted octanol–water partition coefficient (Wildman–Crippen LogP) is 3.55. The van der Waals surface area contributed by atoms with Gasteiger partial charge in [0.2, 0.25) is 0 Å². The minimum absolute atomic E-state index is 0.270. The van der Waals surface area contributed by atoms with E-state index in [1.54, 1.807) is 22.9 Å². The van der Waals surface area contributed by atoms with E-state index in [0.29, 0.717) is 0 Å². The monoisotopic (exact) mass is 293 g/mol. The van der Waals surface area contributed by atoms with E-state index in [2.05, 4.69) is 15.9 Å². The second kappa shape index (κ2) is 4.37. The van der Waals surface area contributed by atoms with Crippen molar-refractivity contribution in [3.63, 3.8) is 0 Å². The van der Waals surface area contributed by atoms with Gasteiger partial charge >= 0.3 is 5.97 Å². The second-order valence-electron chi connectivity index (χ2n) is 3.96. The number of aromatic nitrogens is 1. The molecular formula is C13H12BrNO2. The van der Waals surface area contributed by atoms with Crippen LogP contribution >= 0.6 is 15.9 Å². The van der Waals surface area contributed by atoms with Crippen LogP contribution in [0.4, 0.5) is 0 Å². The van der Waals surface area contributed by atoms with Gasteiger partial charge in [-0.05, 0) is 49.2 Å². The van der Waals surface area contributed by atoms with Crippen molar-refractivity contribution in [2.75, 3.05) is 0 Å². The summed E-state index contributed by atoms with van der Waals surface area (Å²) in [6.07, 6.45) is 1.76. The lowest BCUT2D eigenvalue weighted by atomic mass is 10.1. The molecule has 88 valence electrons. The summed E-state index contributed by atoms with van der Waals surface area (Å²) in [5.41, 5.74) is 3.31. The highest BCUT2D eigenvalue weighted by Crippen LogP contribution is 2.25. The van der Waals surface area contributed by atoms with Crippen LogP contribution in [0.5, 0.6) is 0 Å². The highest BCUT2D eigenvalue weighted by Gasteiger charge is 2.11. The Morgan fingerprint density at radius 1 is 1.29 bits per heavy atom. The third-order valence-electron chi connectivity index (χ3n) is 2.67. The molecule has 1 aromatic heterocycles. The van der Waals surface area contributed by atoms with Gasteiger partial charge in [-0.15, -0.1) is 0 Å². The number of nitrogens with zero attached hydrogens (tertiary/aromatic N) is 1. The first-order valence-electron chi connectivity index (χ1n) is 5.18. The molecule has 0 saturated carbocycles. The Morgan fingerprint density at radius 2 is 1.88 bits per heavy atom. The minimum atomic E-state index is -0.923. The van der Waals surface area contributed by atoms with Gasteiger partial charge in [-0.2, -0.15) is 0 Å². The van der Waals surface area contributed by atoms with Crippen molar-refractivity contribution < 1.29 is 9.90 Å². The van der Waals surface area contributed by atoms with Crippen LogP contribution in [0.1, 0.15) is 21.6 Å². The number of carboxylic acids is 1. The standard InChI is InChI=1S/C13H12BrNO2/c1-8-6-10(7-9(2)12(8)14)15-5-3-4-11(15)13(16)17/h3-7H,1-2H3,(H,16,17). The number of rotatable bonds is 2. The number of benzene rings is 1. The van der Waals surface area contributed by atoms with E-state index in [-0.39, 0.29) is 5.69 Å². The highest BCUT2D eigenvalue weighted by molar-refractivity contribution is 9.10. The lowest BCUT2D eigenvalue weighted by molar-refractivity contribution is 0.0688. The SMILES string of the molecule is Cc1cc(-n2cccc2C(=O)O)cc(C)c1Br. The first kappa shape index (κ1) is 11.9. The van der Waals surface area contributed by atoms with Gasteiger partial charge in [0, 0.05) is 16.4 Å².